The molecule has 1 aromatic carbocycles. The molecule has 0 aliphatic rings. The monoisotopic (exact) mass is 294 g/mol. The first-order valence-electron chi connectivity index (χ1n) is 7.23. The molecule has 3 N–H and O–H groups in total. The first-order chi connectivity index (χ1) is 9.83. The summed E-state index contributed by atoms with van der Waals surface area (Å²) in [6.45, 7) is 7.49. The average molecular weight is 294 g/mol. The second-order valence-corrected chi connectivity index (χ2v) is 5.59. The van der Waals surface area contributed by atoms with Gasteiger partial charge in [-0.1, -0.05) is 6.07 Å². The van der Waals surface area contributed by atoms with Crippen LogP contribution in [-0.2, 0) is 11.2 Å². The van der Waals surface area contributed by atoms with E-state index in [2.05, 4.69) is 5.32 Å². The third kappa shape index (κ3) is 5.63. The first kappa shape index (κ1) is 17.3. The number of amides is 1. The number of ether oxygens (including phenoxy) is 2. The molecule has 0 aliphatic heterocycles. The van der Waals surface area contributed by atoms with E-state index >= 15 is 0 Å². The molecule has 1 aromatic rings. The van der Waals surface area contributed by atoms with Crippen molar-refractivity contribution in [2.75, 3.05) is 7.11 Å². The topological polar surface area (TPSA) is 73.6 Å². The Morgan fingerprint density at radius 3 is 2.43 bits per heavy atom. The van der Waals surface area contributed by atoms with Crippen molar-refractivity contribution in [2.24, 2.45) is 5.73 Å². The van der Waals surface area contributed by atoms with E-state index in [1.807, 2.05) is 39.0 Å². The number of carbonyl (C=O) groups is 1. The van der Waals surface area contributed by atoms with Gasteiger partial charge in [0.05, 0.1) is 7.11 Å². The van der Waals surface area contributed by atoms with Gasteiger partial charge in [0, 0.05) is 12.1 Å². The highest BCUT2D eigenvalue weighted by Gasteiger charge is 2.18. The highest BCUT2D eigenvalue weighted by molar-refractivity contribution is 5.81. The summed E-state index contributed by atoms with van der Waals surface area (Å²) in [7, 11) is 1.58. The minimum absolute atomic E-state index is 0.0629. The summed E-state index contributed by atoms with van der Waals surface area (Å²) in [6, 6.07) is 5.80. The third-order valence-electron chi connectivity index (χ3n) is 2.89. The molecule has 0 saturated carbocycles. The fourth-order valence-corrected chi connectivity index (χ4v) is 1.96. The maximum atomic E-state index is 11.9. The summed E-state index contributed by atoms with van der Waals surface area (Å²) in [4.78, 5) is 11.9. The van der Waals surface area contributed by atoms with Crippen molar-refractivity contribution in [1.82, 2.24) is 5.32 Å². The van der Waals surface area contributed by atoms with Crippen molar-refractivity contribution in [1.29, 1.82) is 0 Å². The number of hydrogen-bond acceptors (Lipinski definition) is 4. The summed E-state index contributed by atoms with van der Waals surface area (Å²) >= 11 is 0. The molecule has 2 unspecified atom stereocenters. The molecule has 0 fully saturated rings. The minimum Gasteiger partial charge on any atom is -0.493 e. The lowest BCUT2D eigenvalue weighted by atomic mass is 10.1. The Kier molecular flexibility index (Phi) is 6.49. The molecule has 0 saturated heterocycles. The van der Waals surface area contributed by atoms with Gasteiger partial charge in [0.1, 0.15) is 0 Å². The number of nitrogens with one attached hydrogen (secondary N) is 1. The van der Waals surface area contributed by atoms with E-state index in [9.17, 15) is 4.79 Å². The summed E-state index contributed by atoms with van der Waals surface area (Å²) in [6.07, 6.45) is 0.152. The van der Waals surface area contributed by atoms with Gasteiger partial charge in [0.2, 0.25) is 0 Å². The van der Waals surface area contributed by atoms with E-state index < -0.39 is 6.10 Å². The van der Waals surface area contributed by atoms with Gasteiger partial charge in [-0.05, 0) is 51.8 Å². The summed E-state index contributed by atoms with van der Waals surface area (Å²) < 4.78 is 11.0. The SMILES string of the molecule is COc1ccc(CC(C)N)cc1OC(C)C(=O)NC(C)C. The zero-order chi connectivity index (χ0) is 16.0. The molecule has 0 bridgehead atoms. The van der Waals surface area contributed by atoms with E-state index in [0.717, 1.165) is 12.0 Å². The number of rotatable bonds is 7. The van der Waals surface area contributed by atoms with Crippen molar-refractivity contribution >= 4 is 5.91 Å². The van der Waals surface area contributed by atoms with Gasteiger partial charge < -0.3 is 20.5 Å². The summed E-state index contributed by atoms with van der Waals surface area (Å²) in [5.41, 5.74) is 6.87. The first-order valence-corrected chi connectivity index (χ1v) is 7.23. The Labute approximate surface area is 126 Å². The maximum absolute atomic E-state index is 11.9. The number of benzene rings is 1. The zero-order valence-electron chi connectivity index (χ0n) is 13.5. The zero-order valence-corrected chi connectivity index (χ0v) is 13.5. The van der Waals surface area contributed by atoms with Gasteiger partial charge in [0.25, 0.3) is 5.91 Å². The second kappa shape index (κ2) is 7.88. The summed E-state index contributed by atoms with van der Waals surface area (Å²) in [5, 5.41) is 2.82. The molecule has 21 heavy (non-hydrogen) atoms. The fourth-order valence-electron chi connectivity index (χ4n) is 1.96. The lowest BCUT2D eigenvalue weighted by Crippen LogP contribution is -2.40. The highest BCUT2D eigenvalue weighted by Crippen LogP contribution is 2.29. The Hall–Kier alpha value is -1.75. The molecular weight excluding hydrogens is 268 g/mol. The van der Waals surface area contributed by atoms with Crippen LogP contribution in [0.5, 0.6) is 11.5 Å². The fraction of sp³-hybridized carbons (Fsp3) is 0.562. The lowest BCUT2D eigenvalue weighted by Gasteiger charge is -2.19. The van der Waals surface area contributed by atoms with Gasteiger partial charge in [0.15, 0.2) is 17.6 Å². The number of methoxy groups -OCH3 is 1. The van der Waals surface area contributed by atoms with Crippen molar-refractivity contribution in [2.45, 2.75) is 52.3 Å². The predicted octanol–water partition coefficient (Wildman–Crippen LogP) is 1.88. The van der Waals surface area contributed by atoms with Crippen LogP contribution in [0.15, 0.2) is 18.2 Å². The van der Waals surface area contributed by atoms with Crippen molar-refractivity contribution in [3.63, 3.8) is 0 Å². The smallest absolute Gasteiger partial charge is 0.260 e. The summed E-state index contributed by atoms with van der Waals surface area (Å²) in [5.74, 6) is 1.01. The van der Waals surface area contributed by atoms with E-state index in [1.165, 1.54) is 0 Å². The van der Waals surface area contributed by atoms with Gasteiger partial charge in [-0.2, -0.15) is 0 Å². The maximum Gasteiger partial charge on any atom is 0.260 e. The van der Waals surface area contributed by atoms with Crippen molar-refractivity contribution in [3.05, 3.63) is 23.8 Å². The number of hydrogen-bond donors (Lipinski definition) is 2. The van der Waals surface area contributed by atoms with Crippen LogP contribution in [0.1, 0.15) is 33.3 Å². The molecule has 0 spiro atoms. The number of carbonyl (C=O) groups excluding carboxylic acids is 1. The van der Waals surface area contributed by atoms with Crippen LogP contribution in [-0.4, -0.2) is 31.2 Å². The molecule has 5 heteroatoms. The van der Waals surface area contributed by atoms with Crippen molar-refractivity contribution in [3.8, 4) is 11.5 Å². The van der Waals surface area contributed by atoms with E-state index in [4.69, 9.17) is 15.2 Å². The lowest BCUT2D eigenvalue weighted by molar-refractivity contribution is -0.127. The second-order valence-electron chi connectivity index (χ2n) is 5.59. The Balaban J connectivity index is 2.86. The quantitative estimate of drug-likeness (QED) is 0.805. The molecule has 1 amide bonds. The highest BCUT2D eigenvalue weighted by atomic mass is 16.5. The van der Waals surface area contributed by atoms with Crippen LogP contribution < -0.4 is 20.5 Å². The molecule has 0 heterocycles. The van der Waals surface area contributed by atoms with E-state index in [0.29, 0.717) is 11.5 Å². The van der Waals surface area contributed by atoms with Crippen LogP contribution in [0.3, 0.4) is 0 Å². The Morgan fingerprint density at radius 1 is 1.24 bits per heavy atom. The van der Waals surface area contributed by atoms with Crippen LogP contribution in [0, 0.1) is 0 Å². The average Bonchev–Trinajstić information content (AvgIpc) is 2.37. The van der Waals surface area contributed by atoms with Crippen LogP contribution in [0.4, 0.5) is 0 Å². The van der Waals surface area contributed by atoms with Gasteiger partial charge in [-0.25, -0.2) is 0 Å². The largest absolute Gasteiger partial charge is 0.493 e. The Morgan fingerprint density at radius 2 is 1.90 bits per heavy atom. The minimum atomic E-state index is -0.591. The molecule has 1 rings (SSSR count). The predicted molar refractivity (Wildman–Crippen MR) is 83.7 cm³/mol. The van der Waals surface area contributed by atoms with Crippen molar-refractivity contribution < 1.29 is 14.3 Å². The molecular formula is C16H26N2O3. The normalized spacial score (nSPS) is 13.7. The molecule has 0 aromatic heterocycles. The van der Waals surface area contributed by atoms with Crippen LogP contribution in [0.25, 0.3) is 0 Å². The molecule has 0 radical (unpaired) electrons. The van der Waals surface area contributed by atoms with Gasteiger partial charge in [-0.15, -0.1) is 0 Å². The molecule has 2 atom stereocenters. The number of nitrogens with two attached hydrogens (primary N) is 1. The standard InChI is InChI=1S/C16H26N2O3/c1-10(2)18-16(19)12(4)21-15-9-13(8-11(3)17)6-7-14(15)20-5/h6-7,9-12H,8,17H2,1-5H3,(H,18,19). The van der Waals surface area contributed by atoms with Crippen LogP contribution >= 0.6 is 0 Å². The van der Waals surface area contributed by atoms with Gasteiger partial charge >= 0.3 is 0 Å². The molecule has 0 aliphatic carbocycles. The van der Waals surface area contributed by atoms with E-state index in [1.54, 1.807) is 14.0 Å². The van der Waals surface area contributed by atoms with Gasteiger partial charge in [-0.3, -0.25) is 4.79 Å². The Bertz CT molecular complexity index is 473. The van der Waals surface area contributed by atoms with Crippen LogP contribution in [0.2, 0.25) is 0 Å². The van der Waals surface area contributed by atoms with E-state index in [-0.39, 0.29) is 18.0 Å². The molecule has 5 nitrogen and oxygen atoms in total. The third-order valence-corrected chi connectivity index (χ3v) is 2.89. The molecule has 118 valence electrons.